The molecule has 0 fully saturated rings. The molecule has 1 heteroatoms. The first-order chi connectivity index (χ1) is 5.74. The average molecular weight is 161 g/mol. The zero-order valence-electron chi connectivity index (χ0n) is 7.96. The van der Waals surface area contributed by atoms with E-state index in [1.807, 2.05) is 13.1 Å². The van der Waals surface area contributed by atoms with Gasteiger partial charge in [-0.05, 0) is 31.9 Å². The summed E-state index contributed by atoms with van der Waals surface area (Å²) in [5.74, 6) is 0. The highest BCUT2D eigenvalue weighted by atomic mass is 14.7. The topological polar surface area (TPSA) is 12.4 Å². The van der Waals surface area contributed by atoms with E-state index in [2.05, 4.69) is 37.0 Å². The number of hydrogen-bond donors (Lipinski definition) is 0. The molecule has 0 heterocycles. The number of rotatable bonds is 2. The van der Waals surface area contributed by atoms with Gasteiger partial charge in [0, 0.05) is 12.8 Å². The normalized spacial score (nSPS) is 10.9. The lowest BCUT2D eigenvalue weighted by molar-refractivity contribution is 1.14. The van der Waals surface area contributed by atoms with Crippen LogP contribution in [0.1, 0.15) is 23.6 Å². The molecule has 0 aromatic heterocycles. The van der Waals surface area contributed by atoms with Crippen LogP contribution in [0.15, 0.2) is 23.2 Å². The van der Waals surface area contributed by atoms with Crippen LogP contribution in [0.25, 0.3) is 0 Å². The molecule has 0 aliphatic carbocycles. The maximum Gasteiger partial charge on any atom is 0.0361 e. The summed E-state index contributed by atoms with van der Waals surface area (Å²) in [5.41, 5.74) is 3.83. The summed E-state index contributed by atoms with van der Waals surface area (Å²) >= 11 is 0. The molecule has 0 aliphatic heterocycles. The average Bonchev–Trinajstić information content (AvgIpc) is 2.03. The lowest BCUT2D eigenvalue weighted by Gasteiger charge is -2.00. The zero-order chi connectivity index (χ0) is 8.97. The molecule has 0 amide bonds. The Kier molecular flexibility index (Phi) is 3.03. The molecule has 0 bridgehead atoms. The van der Waals surface area contributed by atoms with Crippen molar-refractivity contribution >= 4 is 6.21 Å². The molecule has 1 nitrogen and oxygen atoms in total. The van der Waals surface area contributed by atoms with Gasteiger partial charge >= 0.3 is 0 Å². The first-order valence-electron chi connectivity index (χ1n) is 4.31. The minimum Gasteiger partial charge on any atom is -0.293 e. The summed E-state index contributed by atoms with van der Waals surface area (Å²) in [6.07, 6.45) is 1.94. The third kappa shape index (κ3) is 2.19. The van der Waals surface area contributed by atoms with Gasteiger partial charge in [-0.1, -0.05) is 23.8 Å². The Morgan fingerprint density at radius 3 is 2.67 bits per heavy atom. The largest absolute Gasteiger partial charge is 0.293 e. The predicted octanol–water partition coefficient (Wildman–Crippen LogP) is 2.74. The Morgan fingerprint density at radius 2 is 2.08 bits per heavy atom. The highest BCUT2D eigenvalue weighted by Crippen LogP contribution is 2.07. The van der Waals surface area contributed by atoms with E-state index in [0.717, 1.165) is 6.54 Å². The summed E-state index contributed by atoms with van der Waals surface area (Å²) in [5, 5.41) is 0. The van der Waals surface area contributed by atoms with Crippen LogP contribution in [-0.2, 0) is 0 Å². The minimum atomic E-state index is 0.854. The zero-order valence-corrected chi connectivity index (χ0v) is 7.96. The van der Waals surface area contributed by atoms with Crippen molar-refractivity contribution in [2.24, 2.45) is 4.99 Å². The van der Waals surface area contributed by atoms with Gasteiger partial charge in [-0.25, -0.2) is 0 Å². The van der Waals surface area contributed by atoms with Gasteiger partial charge < -0.3 is 0 Å². The van der Waals surface area contributed by atoms with Crippen molar-refractivity contribution in [1.29, 1.82) is 0 Å². The van der Waals surface area contributed by atoms with E-state index in [4.69, 9.17) is 0 Å². The summed E-state index contributed by atoms with van der Waals surface area (Å²) in [4.78, 5) is 4.21. The number of benzene rings is 1. The van der Waals surface area contributed by atoms with Crippen molar-refractivity contribution in [1.82, 2.24) is 0 Å². The van der Waals surface area contributed by atoms with Crippen molar-refractivity contribution in [2.45, 2.75) is 20.8 Å². The van der Waals surface area contributed by atoms with Gasteiger partial charge in [0.25, 0.3) is 0 Å². The van der Waals surface area contributed by atoms with Crippen molar-refractivity contribution < 1.29 is 0 Å². The molecular formula is C11H15N. The van der Waals surface area contributed by atoms with Crippen molar-refractivity contribution in [2.75, 3.05) is 6.54 Å². The number of aryl methyl sites for hydroxylation is 2. The fraction of sp³-hybridized carbons (Fsp3) is 0.364. The van der Waals surface area contributed by atoms with E-state index < -0.39 is 0 Å². The standard InChI is InChI=1S/C11H15N/c1-4-12-8-11-6-5-9(2)7-10(11)3/h5-8H,4H2,1-3H3. The van der Waals surface area contributed by atoms with Gasteiger partial charge in [-0.3, -0.25) is 4.99 Å². The van der Waals surface area contributed by atoms with E-state index in [0.29, 0.717) is 0 Å². The second kappa shape index (κ2) is 4.05. The van der Waals surface area contributed by atoms with Crippen molar-refractivity contribution in [3.63, 3.8) is 0 Å². The minimum absolute atomic E-state index is 0.854. The lowest BCUT2D eigenvalue weighted by atomic mass is 10.1. The van der Waals surface area contributed by atoms with Crippen LogP contribution in [0, 0.1) is 13.8 Å². The van der Waals surface area contributed by atoms with E-state index >= 15 is 0 Å². The Morgan fingerprint density at radius 1 is 1.33 bits per heavy atom. The molecule has 1 aromatic carbocycles. The fourth-order valence-electron chi connectivity index (χ4n) is 1.16. The third-order valence-corrected chi connectivity index (χ3v) is 1.84. The quantitative estimate of drug-likeness (QED) is 0.591. The van der Waals surface area contributed by atoms with Crippen LogP contribution in [0.5, 0.6) is 0 Å². The summed E-state index contributed by atoms with van der Waals surface area (Å²) < 4.78 is 0. The van der Waals surface area contributed by atoms with E-state index in [-0.39, 0.29) is 0 Å². The van der Waals surface area contributed by atoms with E-state index in [1.54, 1.807) is 0 Å². The predicted molar refractivity (Wildman–Crippen MR) is 54.1 cm³/mol. The monoisotopic (exact) mass is 161 g/mol. The van der Waals surface area contributed by atoms with Gasteiger partial charge in [0.1, 0.15) is 0 Å². The third-order valence-electron chi connectivity index (χ3n) is 1.84. The molecule has 0 saturated carbocycles. The smallest absolute Gasteiger partial charge is 0.0361 e. The van der Waals surface area contributed by atoms with Crippen LogP contribution in [0.3, 0.4) is 0 Å². The molecule has 0 spiro atoms. The Hall–Kier alpha value is -1.11. The highest BCUT2D eigenvalue weighted by molar-refractivity contribution is 5.81. The molecule has 0 N–H and O–H groups in total. The van der Waals surface area contributed by atoms with Crippen molar-refractivity contribution in [3.05, 3.63) is 34.9 Å². The maximum atomic E-state index is 4.21. The first-order valence-corrected chi connectivity index (χ1v) is 4.31. The SMILES string of the molecule is CCN=Cc1ccc(C)cc1C. The highest BCUT2D eigenvalue weighted by Gasteiger charge is 1.93. The molecule has 0 radical (unpaired) electrons. The van der Waals surface area contributed by atoms with Crippen LogP contribution in [-0.4, -0.2) is 12.8 Å². The van der Waals surface area contributed by atoms with Gasteiger partial charge in [-0.15, -0.1) is 0 Å². The Balaban J connectivity index is 2.94. The summed E-state index contributed by atoms with van der Waals surface area (Å²) in [7, 11) is 0. The Bertz CT molecular complexity index is 287. The molecule has 64 valence electrons. The number of nitrogens with zero attached hydrogens (tertiary/aromatic N) is 1. The van der Waals surface area contributed by atoms with Crippen LogP contribution in [0.4, 0.5) is 0 Å². The molecule has 0 unspecified atom stereocenters. The summed E-state index contributed by atoms with van der Waals surface area (Å²) in [6, 6.07) is 6.41. The first kappa shape index (κ1) is 8.98. The molecule has 1 rings (SSSR count). The number of aliphatic imine (C=N–C) groups is 1. The second-order valence-corrected chi connectivity index (χ2v) is 2.99. The van der Waals surface area contributed by atoms with Crippen LogP contribution < -0.4 is 0 Å². The molecule has 0 aliphatic rings. The molecule has 0 atom stereocenters. The van der Waals surface area contributed by atoms with Gasteiger partial charge in [0.05, 0.1) is 0 Å². The van der Waals surface area contributed by atoms with Crippen molar-refractivity contribution in [3.8, 4) is 0 Å². The molecule has 1 aromatic rings. The molecule has 12 heavy (non-hydrogen) atoms. The Labute approximate surface area is 74.2 Å². The van der Waals surface area contributed by atoms with Gasteiger partial charge in [-0.2, -0.15) is 0 Å². The van der Waals surface area contributed by atoms with Gasteiger partial charge in [0.2, 0.25) is 0 Å². The van der Waals surface area contributed by atoms with Gasteiger partial charge in [0.15, 0.2) is 0 Å². The van der Waals surface area contributed by atoms with Crippen LogP contribution >= 0.6 is 0 Å². The van der Waals surface area contributed by atoms with E-state index in [9.17, 15) is 0 Å². The maximum absolute atomic E-state index is 4.21. The van der Waals surface area contributed by atoms with Crippen LogP contribution in [0.2, 0.25) is 0 Å². The summed E-state index contributed by atoms with van der Waals surface area (Å²) in [6.45, 7) is 7.12. The lowest BCUT2D eigenvalue weighted by Crippen LogP contribution is -1.88. The molecular weight excluding hydrogens is 146 g/mol. The van der Waals surface area contributed by atoms with E-state index in [1.165, 1.54) is 16.7 Å². The molecule has 0 saturated heterocycles. The second-order valence-electron chi connectivity index (χ2n) is 2.99. The fourth-order valence-corrected chi connectivity index (χ4v) is 1.16. The number of hydrogen-bond acceptors (Lipinski definition) is 1.